The van der Waals surface area contributed by atoms with E-state index in [1.54, 1.807) is 4.90 Å². The molecule has 24 heavy (non-hydrogen) atoms. The highest BCUT2D eigenvalue weighted by molar-refractivity contribution is 7.87. The summed E-state index contributed by atoms with van der Waals surface area (Å²) in [6.45, 7) is 2.24. The van der Waals surface area contributed by atoms with Gasteiger partial charge in [-0.3, -0.25) is 4.79 Å². The number of carbonyl (C=O) groups is 1. The monoisotopic (exact) mass is 351 g/mol. The van der Waals surface area contributed by atoms with Crippen LogP contribution in [-0.4, -0.2) is 55.8 Å². The predicted molar refractivity (Wildman–Crippen MR) is 92.6 cm³/mol. The second kappa shape index (κ2) is 7.63. The Labute approximate surface area is 144 Å². The SMILES string of the molecule is O=C1C[C@H](NS(=O)(=O)N2CCCCC2)CN1CCc1ccccc1. The van der Waals surface area contributed by atoms with Crippen LogP contribution in [0.2, 0.25) is 0 Å². The first kappa shape index (κ1) is 17.4. The van der Waals surface area contributed by atoms with Crippen molar-refractivity contribution in [3.63, 3.8) is 0 Å². The van der Waals surface area contributed by atoms with Crippen LogP contribution in [0.1, 0.15) is 31.2 Å². The van der Waals surface area contributed by atoms with E-state index in [9.17, 15) is 13.2 Å². The van der Waals surface area contributed by atoms with Crippen molar-refractivity contribution in [1.29, 1.82) is 0 Å². The van der Waals surface area contributed by atoms with Crippen LogP contribution in [0.25, 0.3) is 0 Å². The van der Waals surface area contributed by atoms with Crippen molar-refractivity contribution in [2.45, 2.75) is 38.1 Å². The normalized spacial score (nSPS) is 22.9. The van der Waals surface area contributed by atoms with E-state index in [4.69, 9.17) is 0 Å². The molecule has 1 atom stereocenters. The number of rotatable bonds is 6. The van der Waals surface area contributed by atoms with E-state index in [1.807, 2.05) is 30.3 Å². The molecule has 2 aliphatic rings. The maximum absolute atomic E-state index is 12.4. The van der Waals surface area contributed by atoms with Gasteiger partial charge in [0.2, 0.25) is 5.91 Å². The molecule has 2 fully saturated rings. The van der Waals surface area contributed by atoms with Crippen molar-refractivity contribution in [2.75, 3.05) is 26.2 Å². The average molecular weight is 351 g/mol. The van der Waals surface area contributed by atoms with Gasteiger partial charge in [-0.1, -0.05) is 36.8 Å². The maximum Gasteiger partial charge on any atom is 0.279 e. The molecule has 0 aromatic heterocycles. The second-order valence-electron chi connectivity index (χ2n) is 6.56. The summed E-state index contributed by atoms with van der Waals surface area (Å²) >= 11 is 0. The van der Waals surface area contributed by atoms with Crippen LogP contribution in [0.15, 0.2) is 30.3 Å². The van der Waals surface area contributed by atoms with Crippen LogP contribution >= 0.6 is 0 Å². The molecule has 132 valence electrons. The van der Waals surface area contributed by atoms with E-state index in [0.717, 1.165) is 25.7 Å². The van der Waals surface area contributed by atoms with Crippen molar-refractivity contribution in [1.82, 2.24) is 13.9 Å². The minimum absolute atomic E-state index is 0.0253. The highest BCUT2D eigenvalue weighted by atomic mass is 32.2. The molecule has 7 heteroatoms. The third-order valence-electron chi connectivity index (χ3n) is 4.70. The summed E-state index contributed by atoms with van der Waals surface area (Å²) in [6, 6.07) is 9.69. The lowest BCUT2D eigenvalue weighted by Gasteiger charge is -2.27. The Kier molecular flexibility index (Phi) is 5.53. The fourth-order valence-corrected chi connectivity index (χ4v) is 4.83. The van der Waals surface area contributed by atoms with Gasteiger partial charge in [0.05, 0.1) is 0 Å². The van der Waals surface area contributed by atoms with Crippen molar-refractivity contribution in [2.24, 2.45) is 0 Å². The molecule has 2 saturated heterocycles. The Bertz CT molecular complexity index is 657. The Balaban J connectivity index is 1.52. The van der Waals surface area contributed by atoms with E-state index < -0.39 is 10.2 Å². The third kappa shape index (κ3) is 4.34. The molecule has 0 aliphatic carbocycles. The number of hydrogen-bond donors (Lipinski definition) is 1. The fourth-order valence-electron chi connectivity index (χ4n) is 3.37. The quantitative estimate of drug-likeness (QED) is 0.836. The molecule has 0 saturated carbocycles. The maximum atomic E-state index is 12.4. The van der Waals surface area contributed by atoms with Gasteiger partial charge in [-0.05, 0) is 24.8 Å². The molecular weight excluding hydrogens is 326 g/mol. The molecule has 0 spiro atoms. The topological polar surface area (TPSA) is 69.7 Å². The van der Waals surface area contributed by atoms with Crippen molar-refractivity contribution >= 4 is 16.1 Å². The summed E-state index contributed by atoms with van der Waals surface area (Å²) in [5.41, 5.74) is 1.18. The van der Waals surface area contributed by atoms with Gasteiger partial charge in [-0.25, -0.2) is 0 Å². The molecule has 1 N–H and O–H groups in total. The van der Waals surface area contributed by atoms with Gasteiger partial charge in [0, 0.05) is 38.6 Å². The summed E-state index contributed by atoms with van der Waals surface area (Å²) in [5, 5.41) is 0. The van der Waals surface area contributed by atoms with Crippen LogP contribution in [-0.2, 0) is 21.4 Å². The van der Waals surface area contributed by atoms with E-state index in [-0.39, 0.29) is 18.4 Å². The number of benzene rings is 1. The average Bonchev–Trinajstić information content (AvgIpc) is 2.93. The first-order chi connectivity index (χ1) is 11.5. The zero-order valence-electron chi connectivity index (χ0n) is 13.9. The highest BCUT2D eigenvalue weighted by Gasteiger charge is 2.34. The lowest BCUT2D eigenvalue weighted by atomic mass is 10.1. The minimum Gasteiger partial charge on any atom is -0.341 e. The van der Waals surface area contributed by atoms with Crippen molar-refractivity contribution in [3.8, 4) is 0 Å². The van der Waals surface area contributed by atoms with Crippen molar-refractivity contribution < 1.29 is 13.2 Å². The van der Waals surface area contributed by atoms with E-state index in [1.165, 1.54) is 9.87 Å². The lowest BCUT2D eigenvalue weighted by Crippen LogP contribution is -2.48. The minimum atomic E-state index is -3.48. The van der Waals surface area contributed by atoms with E-state index in [0.29, 0.717) is 26.2 Å². The number of hydrogen-bond acceptors (Lipinski definition) is 3. The highest BCUT2D eigenvalue weighted by Crippen LogP contribution is 2.16. The van der Waals surface area contributed by atoms with Crippen molar-refractivity contribution in [3.05, 3.63) is 35.9 Å². The van der Waals surface area contributed by atoms with Crippen LogP contribution in [0, 0.1) is 0 Å². The fraction of sp³-hybridized carbons (Fsp3) is 0.588. The number of nitrogens with one attached hydrogen (secondary N) is 1. The van der Waals surface area contributed by atoms with Crippen LogP contribution < -0.4 is 4.72 Å². The molecule has 1 aromatic carbocycles. The molecule has 0 radical (unpaired) electrons. The predicted octanol–water partition coefficient (Wildman–Crippen LogP) is 1.15. The molecule has 1 aromatic rings. The van der Waals surface area contributed by atoms with Crippen LogP contribution in [0.5, 0.6) is 0 Å². The van der Waals surface area contributed by atoms with Gasteiger partial charge in [0.1, 0.15) is 0 Å². The van der Waals surface area contributed by atoms with E-state index in [2.05, 4.69) is 4.72 Å². The molecule has 2 aliphatic heterocycles. The van der Waals surface area contributed by atoms with Gasteiger partial charge in [-0.2, -0.15) is 17.4 Å². The number of nitrogens with zero attached hydrogens (tertiary/aromatic N) is 2. The van der Waals surface area contributed by atoms with Gasteiger partial charge < -0.3 is 4.90 Å². The zero-order valence-corrected chi connectivity index (χ0v) is 14.7. The van der Waals surface area contributed by atoms with Crippen LogP contribution in [0.4, 0.5) is 0 Å². The molecule has 0 unspecified atom stereocenters. The third-order valence-corrected chi connectivity index (χ3v) is 6.37. The molecule has 0 bridgehead atoms. The summed E-state index contributed by atoms with van der Waals surface area (Å²) in [5.74, 6) is 0.0253. The second-order valence-corrected chi connectivity index (χ2v) is 8.26. The number of likely N-dealkylation sites (tertiary alicyclic amines) is 1. The summed E-state index contributed by atoms with van der Waals surface area (Å²) in [4.78, 5) is 13.9. The standard InChI is InChI=1S/C17H25N3O3S/c21-17-13-16(18-24(22,23)20-10-5-2-6-11-20)14-19(17)12-9-15-7-3-1-4-8-15/h1,3-4,7-8,16,18H,2,5-6,9-14H2/t16-/m0/s1. The number of amides is 1. The Morgan fingerprint density at radius 2 is 1.79 bits per heavy atom. The zero-order chi connectivity index (χ0) is 17.0. The van der Waals surface area contributed by atoms with Gasteiger partial charge in [-0.15, -0.1) is 0 Å². The van der Waals surface area contributed by atoms with Gasteiger partial charge in [0.25, 0.3) is 10.2 Å². The Morgan fingerprint density at radius 1 is 1.08 bits per heavy atom. The molecule has 6 nitrogen and oxygen atoms in total. The summed E-state index contributed by atoms with van der Waals surface area (Å²) in [7, 11) is -3.48. The van der Waals surface area contributed by atoms with Gasteiger partial charge in [0.15, 0.2) is 0 Å². The number of piperidine rings is 1. The summed E-state index contributed by atoms with van der Waals surface area (Å²) < 4.78 is 29.1. The smallest absolute Gasteiger partial charge is 0.279 e. The molecule has 3 rings (SSSR count). The van der Waals surface area contributed by atoms with Gasteiger partial charge >= 0.3 is 0 Å². The Morgan fingerprint density at radius 3 is 2.50 bits per heavy atom. The van der Waals surface area contributed by atoms with E-state index >= 15 is 0 Å². The Hall–Kier alpha value is -1.44. The summed E-state index contributed by atoms with van der Waals surface area (Å²) in [6.07, 6.45) is 3.95. The first-order valence-electron chi connectivity index (χ1n) is 8.64. The largest absolute Gasteiger partial charge is 0.341 e. The molecular formula is C17H25N3O3S. The first-order valence-corrected chi connectivity index (χ1v) is 10.1. The molecule has 1 amide bonds. The number of carbonyl (C=O) groups excluding carboxylic acids is 1. The van der Waals surface area contributed by atoms with Crippen LogP contribution in [0.3, 0.4) is 0 Å². The molecule has 2 heterocycles. The lowest BCUT2D eigenvalue weighted by molar-refractivity contribution is -0.127.